The number of rotatable bonds is 3. The number of aromatic nitrogens is 1. The van der Waals surface area contributed by atoms with Gasteiger partial charge in [0.05, 0.1) is 27.0 Å². The number of fused-ring (bicyclic) bond motifs is 3. The van der Waals surface area contributed by atoms with Gasteiger partial charge in [0.25, 0.3) is 5.91 Å². The van der Waals surface area contributed by atoms with Crippen LogP contribution in [-0.4, -0.2) is 17.1 Å². The summed E-state index contributed by atoms with van der Waals surface area (Å²) >= 11 is 3.25. The molecule has 1 amide bonds. The normalized spacial score (nSPS) is 15.0. The highest BCUT2D eigenvalue weighted by Crippen LogP contribution is 2.39. The summed E-state index contributed by atoms with van der Waals surface area (Å²) in [7, 11) is 0. The first-order valence-electron chi connectivity index (χ1n) is 7.05. The Morgan fingerprint density at radius 3 is 2.83 bits per heavy atom. The number of amides is 1. The maximum Gasteiger partial charge on any atom is 0.257 e. The molecule has 1 aliphatic rings. The van der Waals surface area contributed by atoms with E-state index in [1.807, 2.05) is 30.5 Å². The minimum Gasteiger partial charge on any atom is -0.361 e. The first-order chi connectivity index (χ1) is 11.3. The molecule has 2 heterocycles. The van der Waals surface area contributed by atoms with Crippen molar-refractivity contribution in [3.8, 4) is 0 Å². The van der Waals surface area contributed by atoms with Crippen LogP contribution in [0.3, 0.4) is 0 Å². The fourth-order valence-electron chi connectivity index (χ4n) is 2.58. The van der Waals surface area contributed by atoms with Gasteiger partial charge in [0.15, 0.2) is 0 Å². The van der Waals surface area contributed by atoms with E-state index in [4.69, 9.17) is 0 Å². The van der Waals surface area contributed by atoms with Crippen molar-refractivity contribution in [3.63, 3.8) is 0 Å². The lowest BCUT2D eigenvalue weighted by Crippen LogP contribution is -2.05. The number of anilines is 2. The fraction of sp³-hybridized carbons (Fsp3) is 0.0588. The summed E-state index contributed by atoms with van der Waals surface area (Å²) in [4.78, 5) is 17.8. The second kappa shape index (κ2) is 5.72. The van der Waals surface area contributed by atoms with Gasteiger partial charge in [0, 0.05) is 22.3 Å². The number of thioether (sulfide) groups is 1. The molecule has 0 unspecified atom stereocenters. The zero-order valence-electron chi connectivity index (χ0n) is 12.3. The summed E-state index contributed by atoms with van der Waals surface area (Å²) in [5, 5.41) is 6.13. The number of carbonyl (C=O) groups is 1. The first-order valence-corrected chi connectivity index (χ1v) is 9.15. The smallest absolute Gasteiger partial charge is 0.257 e. The molecular formula is C17H13N3OS2. The number of hydrogen-bond donors (Lipinski definition) is 2. The molecule has 0 radical (unpaired) electrons. The lowest BCUT2D eigenvalue weighted by Gasteiger charge is -2.04. The zero-order valence-corrected chi connectivity index (χ0v) is 13.9. The highest BCUT2D eigenvalue weighted by atomic mass is 32.2. The van der Waals surface area contributed by atoms with E-state index in [2.05, 4.69) is 27.8 Å². The number of nitrogens with zero attached hydrogens (tertiary/aromatic N) is 1. The Bertz CT molecular complexity index is 929. The molecule has 1 aliphatic heterocycles. The molecule has 0 atom stereocenters. The van der Waals surface area contributed by atoms with E-state index in [1.165, 1.54) is 4.90 Å². The minimum atomic E-state index is -0.0888. The minimum absolute atomic E-state index is 0.0888. The van der Waals surface area contributed by atoms with Crippen molar-refractivity contribution in [2.24, 2.45) is 0 Å². The molecule has 3 aromatic rings. The molecule has 4 rings (SSSR count). The van der Waals surface area contributed by atoms with E-state index in [0.717, 1.165) is 27.2 Å². The van der Waals surface area contributed by atoms with Gasteiger partial charge in [0.2, 0.25) is 0 Å². The van der Waals surface area contributed by atoms with Gasteiger partial charge in [-0.15, -0.1) is 23.1 Å². The summed E-state index contributed by atoms with van der Waals surface area (Å²) in [6.07, 6.45) is 3.82. The van der Waals surface area contributed by atoms with Crippen LogP contribution in [-0.2, 0) is 4.79 Å². The van der Waals surface area contributed by atoms with Crippen LogP contribution in [0.5, 0.6) is 0 Å². The molecule has 0 aliphatic carbocycles. The molecule has 0 fully saturated rings. The van der Waals surface area contributed by atoms with Crippen molar-refractivity contribution in [3.05, 3.63) is 53.7 Å². The summed E-state index contributed by atoms with van der Waals surface area (Å²) < 4.78 is 1.03. The van der Waals surface area contributed by atoms with Crippen LogP contribution < -0.4 is 10.6 Å². The van der Waals surface area contributed by atoms with Crippen LogP contribution in [0, 0.1) is 0 Å². The Labute approximate surface area is 141 Å². The summed E-state index contributed by atoms with van der Waals surface area (Å²) in [5.41, 5.74) is 6.10. The van der Waals surface area contributed by atoms with E-state index in [1.54, 1.807) is 34.8 Å². The van der Waals surface area contributed by atoms with E-state index >= 15 is 0 Å². The van der Waals surface area contributed by atoms with Gasteiger partial charge < -0.3 is 10.6 Å². The van der Waals surface area contributed by atoms with Gasteiger partial charge in [-0.25, -0.2) is 4.98 Å². The Balaban J connectivity index is 1.71. The van der Waals surface area contributed by atoms with Crippen molar-refractivity contribution in [1.29, 1.82) is 0 Å². The lowest BCUT2D eigenvalue weighted by atomic mass is 10.1. The van der Waals surface area contributed by atoms with Crippen LogP contribution >= 0.6 is 23.1 Å². The highest BCUT2D eigenvalue weighted by molar-refractivity contribution is 7.98. The number of nitrogens with one attached hydrogen (secondary N) is 2. The SMILES string of the molecule is CSc1ccc(N/C=C2/C(=O)Nc3ccc4ncsc4c32)cc1. The van der Waals surface area contributed by atoms with E-state index in [9.17, 15) is 4.79 Å². The molecular weight excluding hydrogens is 326 g/mol. The van der Waals surface area contributed by atoms with Crippen molar-refractivity contribution < 1.29 is 4.79 Å². The summed E-state index contributed by atoms with van der Waals surface area (Å²) in [5.74, 6) is -0.0888. The largest absolute Gasteiger partial charge is 0.361 e. The van der Waals surface area contributed by atoms with Crippen LogP contribution in [0.4, 0.5) is 11.4 Å². The predicted octanol–water partition coefficient (Wildman–Crippen LogP) is 4.42. The highest BCUT2D eigenvalue weighted by Gasteiger charge is 2.27. The first kappa shape index (κ1) is 14.3. The van der Waals surface area contributed by atoms with Crippen molar-refractivity contribution >= 4 is 56.2 Å². The maximum atomic E-state index is 12.3. The van der Waals surface area contributed by atoms with Crippen molar-refractivity contribution in [2.75, 3.05) is 16.9 Å². The van der Waals surface area contributed by atoms with Crippen molar-refractivity contribution in [2.45, 2.75) is 4.90 Å². The summed E-state index contributed by atoms with van der Waals surface area (Å²) in [6.45, 7) is 0. The monoisotopic (exact) mass is 339 g/mol. The third-order valence-electron chi connectivity index (χ3n) is 3.73. The molecule has 0 saturated heterocycles. The van der Waals surface area contributed by atoms with E-state index in [0.29, 0.717) is 5.57 Å². The average molecular weight is 339 g/mol. The Morgan fingerprint density at radius 1 is 1.22 bits per heavy atom. The van der Waals surface area contributed by atoms with Crippen LogP contribution in [0.15, 0.2) is 53.0 Å². The second-order valence-electron chi connectivity index (χ2n) is 5.07. The third kappa shape index (κ3) is 2.50. The van der Waals surface area contributed by atoms with Gasteiger partial charge in [-0.05, 0) is 42.7 Å². The molecule has 114 valence electrons. The molecule has 2 aromatic carbocycles. The average Bonchev–Trinajstić information content (AvgIpc) is 3.16. The van der Waals surface area contributed by atoms with Gasteiger partial charge in [-0.3, -0.25) is 4.79 Å². The topological polar surface area (TPSA) is 54.0 Å². The zero-order chi connectivity index (χ0) is 15.8. The molecule has 0 spiro atoms. The van der Waals surface area contributed by atoms with Crippen molar-refractivity contribution in [1.82, 2.24) is 4.98 Å². The van der Waals surface area contributed by atoms with Gasteiger partial charge >= 0.3 is 0 Å². The van der Waals surface area contributed by atoms with Crippen LogP contribution in [0.25, 0.3) is 15.8 Å². The summed E-state index contributed by atoms with van der Waals surface area (Å²) in [6, 6.07) is 11.9. The fourth-order valence-corrected chi connectivity index (χ4v) is 3.84. The molecule has 2 N–H and O–H groups in total. The van der Waals surface area contributed by atoms with Crippen LogP contribution in [0.2, 0.25) is 0 Å². The molecule has 6 heteroatoms. The number of benzene rings is 2. The van der Waals surface area contributed by atoms with E-state index in [-0.39, 0.29) is 5.91 Å². The van der Waals surface area contributed by atoms with Gasteiger partial charge in [-0.1, -0.05) is 0 Å². The van der Waals surface area contributed by atoms with Crippen LogP contribution in [0.1, 0.15) is 5.56 Å². The Hall–Kier alpha value is -2.31. The number of carbonyl (C=O) groups excluding carboxylic acids is 1. The molecule has 1 aromatic heterocycles. The molecule has 23 heavy (non-hydrogen) atoms. The number of hydrogen-bond acceptors (Lipinski definition) is 5. The lowest BCUT2D eigenvalue weighted by molar-refractivity contribution is -0.110. The van der Waals surface area contributed by atoms with E-state index < -0.39 is 0 Å². The van der Waals surface area contributed by atoms with Gasteiger partial charge in [0.1, 0.15) is 0 Å². The quantitative estimate of drug-likeness (QED) is 0.548. The Morgan fingerprint density at radius 2 is 2.04 bits per heavy atom. The Kier molecular flexibility index (Phi) is 3.55. The molecule has 0 saturated carbocycles. The second-order valence-corrected chi connectivity index (χ2v) is 6.81. The molecule has 4 nitrogen and oxygen atoms in total. The standard InChI is InChI=1S/C17H13N3OS2/c1-22-11-4-2-10(3-5-11)18-8-12-15-13(20-17(12)21)6-7-14-16(15)23-9-19-14/h2-9,18H,1H3,(H,20,21)/b12-8+. The third-order valence-corrected chi connectivity index (χ3v) is 5.34. The number of thiazole rings is 1. The predicted molar refractivity (Wildman–Crippen MR) is 98.1 cm³/mol. The van der Waals surface area contributed by atoms with Gasteiger partial charge in [-0.2, -0.15) is 0 Å². The maximum absolute atomic E-state index is 12.3. The molecule has 0 bridgehead atoms.